The summed E-state index contributed by atoms with van der Waals surface area (Å²) in [5.41, 5.74) is 0. The van der Waals surface area contributed by atoms with Crippen LogP contribution in [0, 0.1) is 0 Å². The fraction of sp³-hybridized carbons (Fsp3) is 0.688. The first-order valence-electron chi connectivity index (χ1n) is 7.83. The van der Waals surface area contributed by atoms with Crippen LogP contribution in [0.1, 0.15) is 31.1 Å². The van der Waals surface area contributed by atoms with Crippen molar-refractivity contribution in [3.05, 3.63) is 24.2 Å². The Kier molecular flexibility index (Phi) is 9.38. The van der Waals surface area contributed by atoms with Gasteiger partial charge in [0.2, 0.25) is 0 Å². The predicted molar refractivity (Wildman–Crippen MR) is 110 cm³/mol. The molecule has 0 saturated heterocycles. The summed E-state index contributed by atoms with van der Waals surface area (Å²) in [4.78, 5) is 6.50. The molecule has 0 bridgehead atoms. The largest absolute Gasteiger partial charge is 0.468 e. The van der Waals surface area contributed by atoms with Crippen LogP contribution in [0.25, 0.3) is 0 Å². The van der Waals surface area contributed by atoms with E-state index in [1.807, 2.05) is 30.9 Å². The van der Waals surface area contributed by atoms with Crippen LogP contribution in [-0.2, 0) is 0 Å². The number of aliphatic imine (C=N–C) groups is 1. The van der Waals surface area contributed by atoms with Gasteiger partial charge in [-0.15, -0.1) is 24.0 Å². The molecule has 3 unspecified atom stereocenters. The Morgan fingerprint density at radius 3 is 2.78 bits per heavy atom. The Balaban J connectivity index is 0.00000264. The van der Waals surface area contributed by atoms with Crippen molar-refractivity contribution in [1.29, 1.82) is 0 Å². The Labute approximate surface area is 161 Å². The molecular weight excluding hydrogens is 423 g/mol. The van der Waals surface area contributed by atoms with Crippen LogP contribution in [0.2, 0.25) is 0 Å². The molecule has 0 aliphatic heterocycles. The van der Waals surface area contributed by atoms with Gasteiger partial charge < -0.3 is 15.1 Å². The smallest absolute Gasteiger partial charge is 0.191 e. The van der Waals surface area contributed by atoms with E-state index in [-0.39, 0.29) is 30.0 Å². The minimum Gasteiger partial charge on any atom is -0.468 e. The number of hydrogen-bond acceptors (Lipinski definition) is 4. The van der Waals surface area contributed by atoms with Crippen LogP contribution in [-0.4, -0.2) is 56.1 Å². The summed E-state index contributed by atoms with van der Waals surface area (Å²) in [5, 5.41) is 7.76. The zero-order valence-electron chi connectivity index (χ0n) is 14.4. The number of guanidine groups is 1. The van der Waals surface area contributed by atoms with Crippen LogP contribution in [0.4, 0.5) is 0 Å². The number of hydrogen-bond donors (Lipinski definition) is 2. The summed E-state index contributed by atoms with van der Waals surface area (Å²) in [6.45, 7) is 0.763. The molecule has 132 valence electrons. The number of nitrogens with zero attached hydrogens (tertiary/aromatic N) is 2. The highest BCUT2D eigenvalue weighted by molar-refractivity contribution is 14.0. The molecule has 1 fully saturated rings. The van der Waals surface area contributed by atoms with Gasteiger partial charge >= 0.3 is 0 Å². The molecule has 0 aromatic carbocycles. The average Bonchev–Trinajstić information content (AvgIpc) is 3.17. The molecule has 0 spiro atoms. The number of nitrogens with one attached hydrogen (secondary N) is 2. The first-order chi connectivity index (χ1) is 10.6. The second-order valence-corrected chi connectivity index (χ2v) is 7.10. The van der Waals surface area contributed by atoms with Crippen LogP contribution in [0.3, 0.4) is 0 Å². The Hall–Kier alpha value is -0.410. The summed E-state index contributed by atoms with van der Waals surface area (Å²) in [6.07, 6.45) is 7.66. The van der Waals surface area contributed by atoms with E-state index in [9.17, 15) is 0 Å². The van der Waals surface area contributed by atoms with Crippen LogP contribution < -0.4 is 10.6 Å². The Morgan fingerprint density at radius 1 is 1.48 bits per heavy atom. The molecule has 2 rings (SSSR count). The summed E-state index contributed by atoms with van der Waals surface area (Å²) < 4.78 is 5.54. The summed E-state index contributed by atoms with van der Waals surface area (Å²) in [7, 11) is 5.95. The van der Waals surface area contributed by atoms with E-state index in [4.69, 9.17) is 4.42 Å². The molecule has 1 aliphatic carbocycles. The van der Waals surface area contributed by atoms with Crippen molar-refractivity contribution in [2.24, 2.45) is 4.99 Å². The molecule has 1 saturated carbocycles. The minimum absolute atomic E-state index is 0. The molecule has 2 N–H and O–H groups in total. The fourth-order valence-corrected chi connectivity index (χ4v) is 3.68. The molecule has 1 aliphatic rings. The fourth-order valence-electron chi connectivity index (χ4n) is 2.89. The molecule has 1 heterocycles. The molecule has 5 nitrogen and oxygen atoms in total. The zero-order valence-corrected chi connectivity index (χ0v) is 17.6. The van der Waals surface area contributed by atoms with Gasteiger partial charge in [-0.25, -0.2) is 0 Å². The van der Waals surface area contributed by atoms with Gasteiger partial charge in [0.05, 0.1) is 12.3 Å². The number of furan rings is 1. The number of rotatable bonds is 6. The standard InChI is InChI=1S/C16H28N4OS.HI/c1-17-16(19-12-7-8-13(10-12)22-4)18-11-14(20(2)3)15-6-5-9-21-15;/h5-6,9,12-14H,7-8,10-11H2,1-4H3,(H2,17,18,19);1H. The van der Waals surface area contributed by atoms with Crippen molar-refractivity contribution in [2.75, 3.05) is 33.9 Å². The molecule has 1 aromatic heterocycles. The summed E-state index contributed by atoms with van der Waals surface area (Å²) in [6, 6.07) is 4.67. The maximum absolute atomic E-state index is 5.54. The summed E-state index contributed by atoms with van der Waals surface area (Å²) in [5.74, 6) is 1.85. The van der Waals surface area contributed by atoms with Crippen LogP contribution in [0.15, 0.2) is 27.8 Å². The zero-order chi connectivity index (χ0) is 15.9. The molecule has 0 radical (unpaired) electrons. The van der Waals surface area contributed by atoms with E-state index >= 15 is 0 Å². The van der Waals surface area contributed by atoms with Gasteiger partial charge in [-0.3, -0.25) is 9.89 Å². The molecule has 3 atom stereocenters. The number of halogens is 1. The van der Waals surface area contributed by atoms with Crippen LogP contribution >= 0.6 is 35.7 Å². The summed E-state index contributed by atoms with van der Waals surface area (Å²) >= 11 is 1.97. The van der Waals surface area contributed by atoms with Gasteiger partial charge in [-0.05, 0) is 51.7 Å². The first-order valence-corrected chi connectivity index (χ1v) is 9.12. The quantitative estimate of drug-likeness (QED) is 0.395. The number of thioether (sulfide) groups is 1. The van der Waals surface area contributed by atoms with Gasteiger partial charge in [0.1, 0.15) is 5.76 Å². The van der Waals surface area contributed by atoms with Gasteiger partial charge in [0, 0.05) is 24.9 Å². The van der Waals surface area contributed by atoms with Gasteiger partial charge in [-0.2, -0.15) is 11.8 Å². The maximum atomic E-state index is 5.54. The number of likely N-dealkylation sites (N-methyl/N-ethyl adjacent to an activating group) is 1. The van der Waals surface area contributed by atoms with Crippen molar-refractivity contribution in [2.45, 2.75) is 36.6 Å². The van der Waals surface area contributed by atoms with Crippen molar-refractivity contribution < 1.29 is 4.42 Å². The molecule has 0 amide bonds. The highest BCUT2D eigenvalue weighted by Gasteiger charge is 2.25. The highest BCUT2D eigenvalue weighted by Crippen LogP contribution is 2.28. The van der Waals surface area contributed by atoms with Crippen molar-refractivity contribution in [1.82, 2.24) is 15.5 Å². The second-order valence-electron chi connectivity index (χ2n) is 5.96. The van der Waals surface area contributed by atoms with Crippen LogP contribution in [0.5, 0.6) is 0 Å². The second kappa shape index (κ2) is 10.5. The lowest BCUT2D eigenvalue weighted by Gasteiger charge is -2.24. The maximum Gasteiger partial charge on any atom is 0.191 e. The molecule has 23 heavy (non-hydrogen) atoms. The first kappa shape index (κ1) is 20.6. The normalized spacial score (nSPS) is 22.7. The van der Waals surface area contributed by atoms with Crippen molar-refractivity contribution in [3.8, 4) is 0 Å². The highest BCUT2D eigenvalue weighted by atomic mass is 127. The van der Waals surface area contributed by atoms with E-state index in [0.29, 0.717) is 6.04 Å². The predicted octanol–water partition coefficient (Wildman–Crippen LogP) is 2.95. The van der Waals surface area contributed by atoms with Gasteiger partial charge in [-0.1, -0.05) is 0 Å². The SMILES string of the molecule is CN=C(NCC(c1ccco1)N(C)C)NC1CCC(SC)C1.I. The lowest BCUT2D eigenvalue weighted by molar-refractivity contribution is 0.258. The lowest BCUT2D eigenvalue weighted by Crippen LogP contribution is -2.45. The average molecular weight is 452 g/mol. The van der Waals surface area contributed by atoms with Gasteiger partial charge in [0.15, 0.2) is 5.96 Å². The third-order valence-corrected chi connectivity index (χ3v) is 5.33. The lowest BCUT2D eigenvalue weighted by atomic mass is 10.2. The minimum atomic E-state index is 0. The third-order valence-electron chi connectivity index (χ3n) is 4.24. The molecule has 1 aromatic rings. The van der Waals surface area contributed by atoms with E-state index in [1.54, 1.807) is 6.26 Å². The Morgan fingerprint density at radius 2 is 2.26 bits per heavy atom. The van der Waals surface area contributed by atoms with Crippen molar-refractivity contribution >= 4 is 41.7 Å². The van der Waals surface area contributed by atoms with Crippen molar-refractivity contribution in [3.63, 3.8) is 0 Å². The van der Waals surface area contributed by atoms with E-state index < -0.39 is 0 Å². The monoisotopic (exact) mass is 452 g/mol. The molecule has 7 heteroatoms. The topological polar surface area (TPSA) is 52.8 Å². The third kappa shape index (κ3) is 6.19. The van der Waals surface area contributed by atoms with Gasteiger partial charge in [0.25, 0.3) is 0 Å². The van der Waals surface area contributed by atoms with E-state index in [2.05, 4.69) is 40.9 Å². The van der Waals surface area contributed by atoms with E-state index in [1.165, 1.54) is 19.3 Å². The molecular formula is C16H29IN4OS. The van der Waals surface area contributed by atoms with E-state index in [0.717, 1.165) is 23.5 Å². The Bertz CT molecular complexity index is 467.